The molecule has 2 aromatic heterocycles. The zero-order valence-electron chi connectivity index (χ0n) is 11.8. The number of nitrogens with two attached hydrogens (primary N) is 1. The molecule has 2 N–H and O–H groups in total. The molecule has 112 valence electrons. The summed E-state index contributed by atoms with van der Waals surface area (Å²) in [5.41, 5.74) is 5.36. The minimum atomic E-state index is -0.213. The van der Waals surface area contributed by atoms with Crippen molar-refractivity contribution in [3.8, 4) is 0 Å². The third kappa shape index (κ3) is 2.82. The number of thiophene rings is 1. The van der Waals surface area contributed by atoms with Crippen LogP contribution in [0.25, 0.3) is 10.2 Å². The van der Waals surface area contributed by atoms with Crippen molar-refractivity contribution in [1.29, 1.82) is 0 Å². The fraction of sp³-hybridized carbons (Fsp3) is 0.500. The van der Waals surface area contributed by atoms with E-state index in [1.165, 1.54) is 4.88 Å². The van der Waals surface area contributed by atoms with Gasteiger partial charge in [0.2, 0.25) is 11.9 Å². The number of amides is 1. The second-order valence-corrected chi connectivity index (χ2v) is 6.74. The fourth-order valence-electron chi connectivity index (χ4n) is 2.61. The van der Waals surface area contributed by atoms with Gasteiger partial charge in [0.25, 0.3) is 0 Å². The van der Waals surface area contributed by atoms with Crippen molar-refractivity contribution < 1.29 is 4.79 Å². The van der Waals surface area contributed by atoms with Crippen molar-refractivity contribution in [3.63, 3.8) is 0 Å². The van der Waals surface area contributed by atoms with E-state index in [-0.39, 0.29) is 11.8 Å². The van der Waals surface area contributed by atoms with Gasteiger partial charge in [-0.2, -0.15) is 0 Å². The molecule has 3 rings (SSSR count). The zero-order valence-corrected chi connectivity index (χ0v) is 13.4. The van der Waals surface area contributed by atoms with Gasteiger partial charge in [-0.15, -0.1) is 11.3 Å². The van der Waals surface area contributed by atoms with E-state index in [0.717, 1.165) is 42.6 Å². The summed E-state index contributed by atoms with van der Waals surface area (Å²) < 4.78 is 0. The topological polar surface area (TPSA) is 72.1 Å². The molecule has 0 unspecified atom stereocenters. The lowest BCUT2D eigenvalue weighted by molar-refractivity contribution is -0.122. The van der Waals surface area contributed by atoms with Gasteiger partial charge in [0.05, 0.1) is 0 Å². The highest BCUT2D eigenvalue weighted by Crippen LogP contribution is 2.31. The number of halogens is 1. The van der Waals surface area contributed by atoms with E-state index < -0.39 is 0 Å². The summed E-state index contributed by atoms with van der Waals surface area (Å²) in [5, 5.41) is 1.43. The van der Waals surface area contributed by atoms with Crippen LogP contribution < -0.4 is 10.6 Å². The van der Waals surface area contributed by atoms with Crippen LogP contribution in [0.5, 0.6) is 0 Å². The summed E-state index contributed by atoms with van der Waals surface area (Å²) in [6.07, 6.45) is 2.47. The number of fused-ring (bicyclic) bond motifs is 1. The third-order valence-electron chi connectivity index (χ3n) is 3.91. The molecule has 0 saturated carbocycles. The molecular weight excluding hydrogens is 308 g/mol. The molecule has 0 radical (unpaired) electrons. The molecule has 3 heterocycles. The first-order valence-electron chi connectivity index (χ1n) is 7.08. The lowest BCUT2D eigenvalue weighted by Crippen LogP contribution is -2.39. The Bertz CT molecular complexity index is 679. The average Bonchev–Trinajstić information content (AvgIpc) is 2.91. The summed E-state index contributed by atoms with van der Waals surface area (Å²) >= 11 is 7.94. The quantitative estimate of drug-likeness (QED) is 0.881. The molecule has 1 amide bonds. The maximum atomic E-state index is 11.2. The second kappa shape index (κ2) is 5.77. The molecule has 0 aliphatic carbocycles. The Morgan fingerprint density at radius 2 is 2.19 bits per heavy atom. The van der Waals surface area contributed by atoms with Gasteiger partial charge < -0.3 is 10.6 Å². The summed E-state index contributed by atoms with van der Waals surface area (Å²) in [6.45, 7) is 3.59. The highest BCUT2D eigenvalue weighted by Gasteiger charge is 2.25. The van der Waals surface area contributed by atoms with Gasteiger partial charge in [-0.25, -0.2) is 9.97 Å². The Kier molecular flexibility index (Phi) is 3.99. The molecule has 1 aliphatic rings. The summed E-state index contributed by atoms with van der Waals surface area (Å²) in [7, 11) is 0. The molecule has 2 aromatic rings. The minimum Gasteiger partial charge on any atom is -0.369 e. The standard InChI is InChI=1S/C14H17ClN4OS/c1-2-9-7-10-11(15)17-14(18-13(10)21-9)19-5-3-8(4-6-19)12(16)20/h7-8H,2-6H2,1H3,(H2,16,20). The van der Waals surface area contributed by atoms with Crippen LogP contribution in [-0.2, 0) is 11.2 Å². The summed E-state index contributed by atoms with van der Waals surface area (Å²) in [5.74, 6) is 0.406. The maximum Gasteiger partial charge on any atom is 0.228 e. The second-order valence-electron chi connectivity index (χ2n) is 5.26. The Hall–Kier alpha value is -1.40. The number of carbonyl (C=O) groups is 1. The smallest absolute Gasteiger partial charge is 0.228 e. The number of rotatable bonds is 3. The highest BCUT2D eigenvalue weighted by atomic mass is 35.5. The maximum absolute atomic E-state index is 11.2. The monoisotopic (exact) mass is 324 g/mol. The first kappa shape index (κ1) is 14.5. The third-order valence-corrected chi connectivity index (χ3v) is 5.38. The Labute approximate surface area is 132 Å². The molecule has 5 nitrogen and oxygen atoms in total. The minimum absolute atomic E-state index is 0.0334. The molecule has 1 aliphatic heterocycles. The van der Waals surface area contributed by atoms with Crippen molar-refractivity contribution in [3.05, 3.63) is 16.1 Å². The van der Waals surface area contributed by atoms with Gasteiger partial charge >= 0.3 is 0 Å². The van der Waals surface area contributed by atoms with Crippen LogP contribution in [0.2, 0.25) is 5.15 Å². The molecule has 7 heteroatoms. The normalized spacial score (nSPS) is 16.6. The zero-order chi connectivity index (χ0) is 15.0. The van der Waals surface area contributed by atoms with Crippen molar-refractivity contribution in [2.24, 2.45) is 11.7 Å². The van der Waals surface area contributed by atoms with Gasteiger partial charge in [-0.1, -0.05) is 18.5 Å². The first-order chi connectivity index (χ1) is 10.1. The number of carbonyl (C=O) groups excluding carboxylic acids is 1. The SMILES string of the molecule is CCc1cc2c(Cl)nc(N3CCC(C(N)=O)CC3)nc2s1. The van der Waals surface area contributed by atoms with Gasteiger partial charge in [-0.05, 0) is 25.3 Å². The number of piperidine rings is 1. The Morgan fingerprint density at radius 1 is 1.48 bits per heavy atom. The van der Waals surface area contributed by atoms with Crippen LogP contribution in [0.3, 0.4) is 0 Å². The number of aromatic nitrogens is 2. The van der Waals surface area contributed by atoms with Gasteiger partial charge in [0.1, 0.15) is 9.98 Å². The van der Waals surface area contributed by atoms with Crippen LogP contribution in [0.15, 0.2) is 6.07 Å². The van der Waals surface area contributed by atoms with Gasteiger partial charge in [-0.3, -0.25) is 4.79 Å². The van der Waals surface area contributed by atoms with E-state index in [9.17, 15) is 4.79 Å². The van der Waals surface area contributed by atoms with Crippen molar-refractivity contribution >= 4 is 45.0 Å². The van der Waals surface area contributed by atoms with E-state index in [2.05, 4.69) is 27.9 Å². The van der Waals surface area contributed by atoms with Crippen LogP contribution in [0.4, 0.5) is 5.95 Å². The number of nitrogens with zero attached hydrogens (tertiary/aromatic N) is 3. The highest BCUT2D eigenvalue weighted by molar-refractivity contribution is 7.18. The van der Waals surface area contributed by atoms with Crippen LogP contribution in [-0.4, -0.2) is 29.0 Å². The van der Waals surface area contributed by atoms with Crippen LogP contribution >= 0.6 is 22.9 Å². The Balaban J connectivity index is 1.86. The summed E-state index contributed by atoms with van der Waals surface area (Å²) in [6, 6.07) is 2.06. The molecular formula is C14H17ClN4OS. The predicted molar refractivity (Wildman–Crippen MR) is 85.9 cm³/mol. The largest absolute Gasteiger partial charge is 0.369 e. The number of aryl methyl sites for hydroxylation is 1. The molecule has 1 fully saturated rings. The first-order valence-corrected chi connectivity index (χ1v) is 8.28. The van der Waals surface area contributed by atoms with E-state index in [1.807, 2.05) is 0 Å². The average molecular weight is 325 g/mol. The van der Waals surface area contributed by atoms with Gasteiger partial charge in [0.15, 0.2) is 0 Å². The van der Waals surface area contributed by atoms with Crippen LogP contribution in [0.1, 0.15) is 24.6 Å². The van der Waals surface area contributed by atoms with E-state index in [0.29, 0.717) is 11.1 Å². The number of primary amides is 1. The lowest BCUT2D eigenvalue weighted by atomic mass is 9.96. The van der Waals surface area contributed by atoms with Crippen molar-refractivity contribution in [2.75, 3.05) is 18.0 Å². The number of hydrogen-bond acceptors (Lipinski definition) is 5. The Morgan fingerprint density at radius 3 is 2.81 bits per heavy atom. The van der Waals surface area contributed by atoms with E-state index in [4.69, 9.17) is 17.3 Å². The number of hydrogen-bond donors (Lipinski definition) is 1. The van der Waals surface area contributed by atoms with E-state index in [1.54, 1.807) is 11.3 Å². The summed E-state index contributed by atoms with van der Waals surface area (Å²) in [4.78, 5) is 24.5. The van der Waals surface area contributed by atoms with Crippen LogP contribution in [0, 0.1) is 5.92 Å². The molecule has 0 aromatic carbocycles. The predicted octanol–water partition coefficient (Wildman–Crippen LogP) is 2.61. The molecule has 0 spiro atoms. The molecule has 0 bridgehead atoms. The van der Waals surface area contributed by atoms with Crippen molar-refractivity contribution in [1.82, 2.24) is 9.97 Å². The van der Waals surface area contributed by atoms with Crippen molar-refractivity contribution in [2.45, 2.75) is 26.2 Å². The molecule has 1 saturated heterocycles. The lowest BCUT2D eigenvalue weighted by Gasteiger charge is -2.30. The fourth-order valence-corrected chi connectivity index (χ4v) is 3.84. The van der Waals surface area contributed by atoms with Gasteiger partial charge in [0, 0.05) is 29.3 Å². The number of anilines is 1. The molecule has 0 atom stereocenters. The molecule has 21 heavy (non-hydrogen) atoms. The van der Waals surface area contributed by atoms with E-state index >= 15 is 0 Å².